The molecule has 92 valence electrons. The van der Waals surface area contributed by atoms with Gasteiger partial charge in [0, 0.05) is 21.1 Å². The second-order valence-electron chi connectivity index (χ2n) is 4.63. The number of fused-ring (bicyclic) bond motifs is 1. The molecule has 0 spiro atoms. The molecule has 0 fully saturated rings. The van der Waals surface area contributed by atoms with Crippen LogP contribution in [0.1, 0.15) is 6.92 Å². The van der Waals surface area contributed by atoms with Crippen molar-refractivity contribution in [2.45, 2.75) is 12.6 Å². The number of nitrogens with one attached hydrogen (secondary N) is 1. The minimum absolute atomic E-state index is 0.0596. The van der Waals surface area contributed by atoms with Gasteiger partial charge >= 0.3 is 0 Å². The molecule has 17 heavy (non-hydrogen) atoms. The highest BCUT2D eigenvalue weighted by Gasteiger charge is 2.45. The fourth-order valence-electron chi connectivity index (χ4n) is 2.14. The van der Waals surface area contributed by atoms with E-state index in [1.165, 1.54) is 4.90 Å². The lowest BCUT2D eigenvalue weighted by atomic mass is 10.1. The molecule has 0 bridgehead atoms. The molecular weight excluding hydrogens is 218 g/mol. The van der Waals surface area contributed by atoms with Crippen LogP contribution in [-0.2, 0) is 4.79 Å². The second-order valence-corrected chi connectivity index (χ2v) is 4.63. The van der Waals surface area contributed by atoms with Gasteiger partial charge in [-0.25, -0.2) is 0 Å². The number of aromatic hydroxyl groups is 1. The van der Waals surface area contributed by atoms with E-state index in [0.29, 0.717) is 5.69 Å². The van der Waals surface area contributed by atoms with Gasteiger partial charge in [-0.05, 0) is 19.1 Å². The van der Waals surface area contributed by atoms with Gasteiger partial charge in [0.25, 0.3) is 5.91 Å². The smallest absolute Gasteiger partial charge is 0.268 e. The maximum Gasteiger partial charge on any atom is 0.268 e. The Morgan fingerprint density at radius 1 is 1.47 bits per heavy atom. The summed E-state index contributed by atoms with van der Waals surface area (Å²) in [6.45, 7) is 1.80. The third-order valence-corrected chi connectivity index (χ3v) is 3.24. The normalized spacial score (nSPS) is 22.0. The zero-order valence-corrected chi connectivity index (χ0v) is 10.5. The first-order valence-corrected chi connectivity index (χ1v) is 5.43. The van der Waals surface area contributed by atoms with E-state index in [0.717, 1.165) is 5.69 Å². The standard InChI is InChI=1S/C12H17N3O2/c1-12(11(17)14(2)3)13-10-8(15(12)4)6-5-7-9(10)16/h5-7,13,16H,1-4H3. The zero-order valence-electron chi connectivity index (χ0n) is 10.5. The lowest BCUT2D eigenvalue weighted by Gasteiger charge is -2.34. The number of hydrogen-bond donors (Lipinski definition) is 2. The highest BCUT2D eigenvalue weighted by atomic mass is 16.3. The molecule has 0 radical (unpaired) electrons. The Kier molecular flexibility index (Phi) is 2.41. The van der Waals surface area contributed by atoms with E-state index < -0.39 is 5.66 Å². The number of benzene rings is 1. The molecule has 0 saturated heterocycles. The van der Waals surface area contributed by atoms with Crippen LogP contribution in [0.5, 0.6) is 5.75 Å². The van der Waals surface area contributed by atoms with Crippen molar-refractivity contribution in [1.29, 1.82) is 0 Å². The van der Waals surface area contributed by atoms with Crippen LogP contribution < -0.4 is 10.2 Å². The summed E-state index contributed by atoms with van der Waals surface area (Å²) in [5, 5.41) is 12.9. The Hall–Kier alpha value is -1.91. The molecule has 5 heteroatoms. The van der Waals surface area contributed by atoms with Gasteiger partial charge in [0.1, 0.15) is 11.4 Å². The van der Waals surface area contributed by atoms with Crippen LogP contribution in [-0.4, -0.2) is 42.7 Å². The van der Waals surface area contributed by atoms with Crippen molar-refractivity contribution in [3.8, 4) is 5.75 Å². The van der Waals surface area contributed by atoms with Crippen LogP contribution in [0.25, 0.3) is 0 Å². The molecule has 1 aliphatic heterocycles. The summed E-state index contributed by atoms with van der Waals surface area (Å²) in [5.41, 5.74) is 0.570. The van der Waals surface area contributed by atoms with Gasteiger partial charge in [0.05, 0.1) is 5.69 Å². The minimum Gasteiger partial charge on any atom is -0.506 e. The Labute approximate surface area is 101 Å². The predicted molar refractivity (Wildman–Crippen MR) is 67.2 cm³/mol. The lowest BCUT2D eigenvalue weighted by molar-refractivity contribution is -0.132. The number of amides is 1. The van der Waals surface area contributed by atoms with Gasteiger partial charge in [0.15, 0.2) is 5.66 Å². The molecule has 0 saturated carbocycles. The van der Waals surface area contributed by atoms with E-state index in [1.807, 2.05) is 18.0 Å². The van der Waals surface area contributed by atoms with Gasteiger partial charge < -0.3 is 20.2 Å². The van der Waals surface area contributed by atoms with E-state index >= 15 is 0 Å². The number of para-hydroxylation sites is 1. The number of nitrogens with zero attached hydrogens (tertiary/aromatic N) is 2. The monoisotopic (exact) mass is 235 g/mol. The maximum atomic E-state index is 12.2. The largest absolute Gasteiger partial charge is 0.506 e. The second kappa shape index (κ2) is 3.55. The molecule has 1 aromatic carbocycles. The van der Waals surface area contributed by atoms with Crippen molar-refractivity contribution in [2.24, 2.45) is 0 Å². The number of hydrogen-bond acceptors (Lipinski definition) is 4. The highest BCUT2D eigenvalue weighted by molar-refractivity contribution is 5.98. The fourth-order valence-corrected chi connectivity index (χ4v) is 2.14. The van der Waals surface area contributed by atoms with Crippen LogP contribution in [0, 0.1) is 0 Å². The molecule has 1 heterocycles. The Morgan fingerprint density at radius 3 is 2.65 bits per heavy atom. The molecule has 1 amide bonds. The third-order valence-electron chi connectivity index (χ3n) is 3.24. The summed E-state index contributed by atoms with van der Waals surface area (Å²) in [6, 6.07) is 5.24. The molecule has 5 nitrogen and oxygen atoms in total. The number of rotatable bonds is 1. The number of anilines is 2. The van der Waals surface area contributed by atoms with Crippen LogP contribution in [0.2, 0.25) is 0 Å². The average molecular weight is 235 g/mol. The van der Waals surface area contributed by atoms with Crippen molar-refractivity contribution in [2.75, 3.05) is 31.4 Å². The number of phenols is 1. The van der Waals surface area contributed by atoms with Crippen LogP contribution >= 0.6 is 0 Å². The first-order valence-electron chi connectivity index (χ1n) is 5.43. The van der Waals surface area contributed by atoms with Gasteiger partial charge in [-0.15, -0.1) is 0 Å². The molecule has 0 aliphatic carbocycles. The summed E-state index contributed by atoms with van der Waals surface area (Å²) in [4.78, 5) is 15.6. The van der Waals surface area contributed by atoms with Crippen molar-refractivity contribution >= 4 is 17.3 Å². The molecule has 1 aromatic rings. The third kappa shape index (κ3) is 1.50. The molecular formula is C12H17N3O2. The Bertz CT molecular complexity index is 473. The average Bonchev–Trinajstić information content (AvgIpc) is 2.54. The first kappa shape index (κ1) is 11.6. The molecule has 2 N–H and O–H groups in total. The van der Waals surface area contributed by atoms with Crippen molar-refractivity contribution < 1.29 is 9.90 Å². The predicted octanol–water partition coefficient (Wildman–Crippen LogP) is 1.06. The zero-order chi connectivity index (χ0) is 12.8. The number of carbonyl (C=O) groups excluding carboxylic acids is 1. The number of phenolic OH excluding ortho intramolecular Hbond substituents is 1. The molecule has 1 aliphatic rings. The number of carbonyl (C=O) groups is 1. The van der Waals surface area contributed by atoms with Crippen molar-refractivity contribution in [3.05, 3.63) is 18.2 Å². The number of likely N-dealkylation sites (N-methyl/N-ethyl adjacent to an activating group) is 2. The van der Waals surface area contributed by atoms with Crippen LogP contribution in [0.4, 0.5) is 11.4 Å². The van der Waals surface area contributed by atoms with Crippen LogP contribution in [0.15, 0.2) is 18.2 Å². The fraction of sp³-hybridized carbons (Fsp3) is 0.417. The summed E-state index contributed by atoms with van der Waals surface area (Å²) in [5.74, 6) is 0.0974. The van der Waals surface area contributed by atoms with Gasteiger partial charge in [-0.3, -0.25) is 4.79 Å². The van der Waals surface area contributed by atoms with E-state index in [-0.39, 0.29) is 11.7 Å². The first-order chi connectivity index (χ1) is 7.88. The quantitative estimate of drug-likeness (QED) is 0.715. The molecule has 1 unspecified atom stereocenters. The van der Waals surface area contributed by atoms with E-state index in [1.54, 1.807) is 33.2 Å². The van der Waals surface area contributed by atoms with Gasteiger partial charge in [0.2, 0.25) is 0 Å². The Balaban J connectivity index is 2.46. The van der Waals surface area contributed by atoms with E-state index in [4.69, 9.17) is 0 Å². The maximum absolute atomic E-state index is 12.2. The van der Waals surface area contributed by atoms with E-state index in [9.17, 15) is 9.90 Å². The summed E-state index contributed by atoms with van der Waals surface area (Å²) in [7, 11) is 5.26. The van der Waals surface area contributed by atoms with Crippen molar-refractivity contribution in [1.82, 2.24) is 4.90 Å². The van der Waals surface area contributed by atoms with Gasteiger partial charge in [-0.2, -0.15) is 0 Å². The molecule has 2 rings (SSSR count). The lowest BCUT2D eigenvalue weighted by Crippen LogP contribution is -2.57. The summed E-state index contributed by atoms with van der Waals surface area (Å²) in [6.07, 6.45) is 0. The molecule has 1 atom stereocenters. The highest BCUT2D eigenvalue weighted by Crippen LogP contribution is 2.44. The van der Waals surface area contributed by atoms with Crippen LogP contribution in [0.3, 0.4) is 0 Å². The van der Waals surface area contributed by atoms with Gasteiger partial charge in [-0.1, -0.05) is 6.07 Å². The minimum atomic E-state index is -0.856. The molecule has 0 aromatic heterocycles. The Morgan fingerprint density at radius 2 is 2.12 bits per heavy atom. The topological polar surface area (TPSA) is 55.8 Å². The van der Waals surface area contributed by atoms with E-state index in [2.05, 4.69) is 5.32 Å². The SMILES string of the molecule is CN(C)C(=O)C1(C)Nc2c(O)cccc2N1C. The summed E-state index contributed by atoms with van der Waals surface area (Å²) >= 11 is 0. The van der Waals surface area contributed by atoms with Crippen molar-refractivity contribution in [3.63, 3.8) is 0 Å². The summed E-state index contributed by atoms with van der Waals surface area (Å²) < 4.78 is 0.